The van der Waals surface area contributed by atoms with Crippen LogP contribution in [0.1, 0.15) is 65.2 Å². The third kappa shape index (κ3) is 6.04. The molecule has 0 unspecified atom stereocenters. The number of hydrogen-bond acceptors (Lipinski definition) is 3. The van der Waals surface area contributed by atoms with Crippen molar-refractivity contribution in [1.82, 2.24) is 5.32 Å². The second-order valence-electron chi connectivity index (χ2n) is 6.93. The maximum atomic E-state index is 12.0. The smallest absolute Gasteiger partial charge is 0.220 e. The predicted molar refractivity (Wildman–Crippen MR) is 89.0 cm³/mol. The number of rotatable bonds is 8. The summed E-state index contributed by atoms with van der Waals surface area (Å²) >= 11 is 1.94. The van der Waals surface area contributed by atoms with Crippen LogP contribution in [-0.4, -0.2) is 30.0 Å². The number of amides is 1. The van der Waals surface area contributed by atoms with Gasteiger partial charge in [-0.3, -0.25) is 4.79 Å². The van der Waals surface area contributed by atoms with Crippen molar-refractivity contribution in [2.45, 2.75) is 70.0 Å². The first kappa shape index (κ1) is 17.8. The predicted octanol–water partition coefficient (Wildman–Crippen LogP) is 3.32. The summed E-state index contributed by atoms with van der Waals surface area (Å²) in [5.41, 5.74) is 5.78. The highest BCUT2D eigenvalue weighted by Crippen LogP contribution is 2.38. The first-order valence-electron chi connectivity index (χ1n) is 7.95. The van der Waals surface area contributed by atoms with Crippen molar-refractivity contribution in [2.75, 3.05) is 19.3 Å². The van der Waals surface area contributed by atoms with Crippen molar-refractivity contribution < 1.29 is 4.79 Å². The Morgan fingerprint density at radius 3 is 2.45 bits per heavy atom. The van der Waals surface area contributed by atoms with Crippen LogP contribution in [0.15, 0.2) is 0 Å². The van der Waals surface area contributed by atoms with E-state index in [9.17, 15) is 4.79 Å². The number of thioether (sulfide) groups is 1. The van der Waals surface area contributed by atoms with Gasteiger partial charge in [-0.1, -0.05) is 33.1 Å². The van der Waals surface area contributed by atoms with Crippen LogP contribution >= 0.6 is 11.8 Å². The van der Waals surface area contributed by atoms with Gasteiger partial charge in [0, 0.05) is 17.7 Å². The molecule has 1 amide bonds. The molecule has 1 rings (SSSR count). The molecular weight excluding hydrogens is 268 g/mol. The molecule has 3 nitrogen and oxygen atoms in total. The lowest BCUT2D eigenvalue weighted by Gasteiger charge is -2.36. The second kappa shape index (κ2) is 8.28. The van der Waals surface area contributed by atoms with Crippen LogP contribution < -0.4 is 11.1 Å². The van der Waals surface area contributed by atoms with E-state index < -0.39 is 0 Å². The molecule has 1 aliphatic rings. The Balaban J connectivity index is 2.31. The zero-order chi connectivity index (χ0) is 15.1. The van der Waals surface area contributed by atoms with Gasteiger partial charge in [-0.2, -0.15) is 11.8 Å². The molecule has 0 radical (unpaired) electrons. The van der Waals surface area contributed by atoms with Crippen molar-refractivity contribution >= 4 is 17.7 Å². The first-order valence-corrected chi connectivity index (χ1v) is 9.17. The summed E-state index contributed by atoms with van der Waals surface area (Å²) in [4.78, 5) is 12.0. The molecule has 0 aromatic carbocycles. The topological polar surface area (TPSA) is 55.1 Å². The zero-order valence-electron chi connectivity index (χ0n) is 13.5. The third-order valence-corrected chi connectivity index (χ3v) is 6.07. The Hall–Kier alpha value is -0.220. The quantitative estimate of drug-likeness (QED) is 0.723. The summed E-state index contributed by atoms with van der Waals surface area (Å²) in [6.45, 7) is 5.92. The van der Waals surface area contributed by atoms with Gasteiger partial charge in [0.05, 0.1) is 0 Å². The highest BCUT2D eigenvalue weighted by Gasteiger charge is 2.31. The number of nitrogens with two attached hydrogens (primary N) is 1. The van der Waals surface area contributed by atoms with Crippen molar-refractivity contribution in [3.05, 3.63) is 0 Å². The van der Waals surface area contributed by atoms with Gasteiger partial charge in [0.15, 0.2) is 0 Å². The van der Waals surface area contributed by atoms with E-state index in [2.05, 4.69) is 25.4 Å². The van der Waals surface area contributed by atoms with Gasteiger partial charge in [0.2, 0.25) is 5.91 Å². The zero-order valence-corrected chi connectivity index (χ0v) is 14.3. The average molecular weight is 301 g/mol. The molecule has 0 saturated heterocycles. The Morgan fingerprint density at radius 1 is 1.25 bits per heavy atom. The van der Waals surface area contributed by atoms with E-state index >= 15 is 0 Å². The maximum absolute atomic E-state index is 12.0. The fourth-order valence-corrected chi connectivity index (χ4v) is 3.88. The van der Waals surface area contributed by atoms with Crippen LogP contribution in [0.25, 0.3) is 0 Å². The van der Waals surface area contributed by atoms with E-state index in [4.69, 9.17) is 5.73 Å². The Kier molecular flexibility index (Phi) is 7.38. The molecule has 0 bridgehead atoms. The lowest BCUT2D eigenvalue weighted by molar-refractivity contribution is -0.121. The monoisotopic (exact) mass is 300 g/mol. The third-order valence-electron chi connectivity index (χ3n) is 4.66. The Morgan fingerprint density at radius 2 is 1.90 bits per heavy atom. The largest absolute Gasteiger partial charge is 0.355 e. The standard InChI is InChI=1S/C16H32N2OS/c1-15(2,11-12-17)10-7-14(19)18-13-16(20-3)8-5-4-6-9-16/h4-13,17H2,1-3H3,(H,18,19). The van der Waals surface area contributed by atoms with Gasteiger partial charge in [-0.25, -0.2) is 0 Å². The van der Waals surface area contributed by atoms with E-state index in [-0.39, 0.29) is 11.3 Å². The van der Waals surface area contributed by atoms with E-state index in [1.54, 1.807) is 0 Å². The van der Waals surface area contributed by atoms with Crippen LogP contribution in [0.2, 0.25) is 0 Å². The molecule has 3 N–H and O–H groups in total. The molecule has 0 aromatic rings. The van der Waals surface area contributed by atoms with Gasteiger partial charge in [-0.15, -0.1) is 0 Å². The molecule has 0 heterocycles. The van der Waals surface area contributed by atoms with Gasteiger partial charge in [0.25, 0.3) is 0 Å². The van der Waals surface area contributed by atoms with Crippen LogP contribution in [0.3, 0.4) is 0 Å². The minimum absolute atomic E-state index is 0.175. The summed E-state index contributed by atoms with van der Waals surface area (Å²) in [7, 11) is 0. The van der Waals surface area contributed by atoms with Gasteiger partial charge < -0.3 is 11.1 Å². The molecule has 0 aliphatic heterocycles. The molecule has 4 heteroatoms. The molecule has 0 atom stereocenters. The SMILES string of the molecule is CSC1(CNC(=O)CCC(C)(C)CCN)CCCCC1. The normalized spacial score (nSPS) is 18.8. The molecule has 0 aromatic heterocycles. The van der Waals surface area contributed by atoms with Crippen molar-refractivity contribution in [3.8, 4) is 0 Å². The number of hydrogen-bond donors (Lipinski definition) is 2. The van der Waals surface area contributed by atoms with Crippen LogP contribution in [-0.2, 0) is 4.79 Å². The average Bonchev–Trinajstić information content (AvgIpc) is 2.44. The highest BCUT2D eigenvalue weighted by molar-refractivity contribution is 8.00. The maximum Gasteiger partial charge on any atom is 0.220 e. The second-order valence-corrected chi connectivity index (χ2v) is 8.20. The summed E-state index contributed by atoms with van der Waals surface area (Å²) < 4.78 is 0.292. The van der Waals surface area contributed by atoms with Gasteiger partial charge >= 0.3 is 0 Å². The van der Waals surface area contributed by atoms with Gasteiger partial charge in [-0.05, 0) is 43.9 Å². The molecule has 1 fully saturated rings. The molecule has 1 aliphatic carbocycles. The lowest BCUT2D eigenvalue weighted by atomic mass is 9.84. The molecular formula is C16H32N2OS. The van der Waals surface area contributed by atoms with Crippen LogP contribution in [0.4, 0.5) is 0 Å². The Labute approximate surface area is 128 Å². The van der Waals surface area contributed by atoms with Gasteiger partial charge in [0.1, 0.15) is 0 Å². The fourth-order valence-electron chi connectivity index (χ4n) is 2.96. The van der Waals surface area contributed by atoms with Crippen molar-refractivity contribution in [2.24, 2.45) is 11.1 Å². The van der Waals surface area contributed by atoms with Crippen molar-refractivity contribution in [1.29, 1.82) is 0 Å². The fraction of sp³-hybridized carbons (Fsp3) is 0.938. The highest BCUT2D eigenvalue weighted by atomic mass is 32.2. The molecule has 1 saturated carbocycles. The number of carbonyl (C=O) groups excluding carboxylic acids is 1. The molecule has 20 heavy (non-hydrogen) atoms. The minimum atomic E-state index is 0.175. The molecule has 0 spiro atoms. The van der Waals surface area contributed by atoms with Crippen LogP contribution in [0, 0.1) is 5.41 Å². The summed E-state index contributed by atoms with van der Waals surface area (Å²) in [6.07, 6.45) is 11.2. The first-order chi connectivity index (χ1) is 9.43. The summed E-state index contributed by atoms with van der Waals surface area (Å²) in [6, 6.07) is 0. The van der Waals surface area contributed by atoms with Crippen molar-refractivity contribution in [3.63, 3.8) is 0 Å². The van der Waals surface area contributed by atoms with E-state index in [0.717, 1.165) is 19.4 Å². The molecule has 118 valence electrons. The Bertz CT molecular complexity index is 299. The number of nitrogens with one attached hydrogen (secondary N) is 1. The lowest BCUT2D eigenvalue weighted by Crippen LogP contribution is -2.42. The van der Waals surface area contributed by atoms with Crippen LogP contribution in [0.5, 0.6) is 0 Å². The van der Waals surface area contributed by atoms with E-state index in [0.29, 0.717) is 17.7 Å². The van der Waals surface area contributed by atoms with E-state index in [1.807, 2.05) is 11.8 Å². The summed E-state index contributed by atoms with van der Waals surface area (Å²) in [5.74, 6) is 0.203. The summed E-state index contributed by atoms with van der Waals surface area (Å²) in [5, 5.41) is 3.17. The number of carbonyl (C=O) groups is 1. The minimum Gasteiger partial charge on any atom is -0.355 e. The van der Waals surface area contributed by atoms with E-state index in [1.165, 1.54) is 32.1 Å².